The van der Waals surface area contributed by atoms with Crippen molar-refractivity contribution in [1.82, 2.24) is 14.9 Å². The highest BCUT2D eigenvalue weighted by Gasteiger charge is 2.30. The van der Waals surface area contributed by atoms with Crippen LogP contribution in [-0.2, 0) is 4.79 Å². The maximum atomic E-state index is 13.7. The van der Waals surface area contributed by atoms with E-state index in [0.29, 0.717) is 13.1 Å². The highest BCUT2D eigenvalue weighted by Crippen LogP contribution is 2.28. The van der Waals surface area contributed by atoms with Crippen LogP contribution in [-0.4, -0.2) is 47.0 Å². The summed E-state index contributed by atoms with van der Waals surface area (Å²) in [5.74, 6) is 0.765. The Labute approximate surface area is 194 Å². The van der Waals surface area contributed by atoms with Gasteiger partial charge in [0.1, 0.15) is 12.1 Å². The molecule has 5 heteroatoms. The Balaban J connectivity index is 1.32. The van der Waals surface area contributed by atoms with Gasteiger partial charge in [-0.25, -0.2) is 9.97 Å². The van der Waals surface area contributed by atoms with E-state index >= 15 is 0 Å². The largest absolute Gasteiger partial charge is 0.353 e. The maximum absolute atomic E-state index is 13.7. The second-order valence-corrected chi connectivity index (χ2v) is 8.19. The number of carbonyl (C=O) groups is 1. The maximum Gasteiger partial charge on any atom is 0.234 e. The molecular formula is C28H26N4O. The normalized spacial score (nSPS) is 13.8. The third-order valence-corrected chi connectivity index (χ3v) is 6.15. The fourth-order valence-corrected chi connectivity index (χ4v) is 4.39. The summed E-state index contributed by atoms with van der Waals surface area (Å²) >= 11 is 0. The first-order valence-corrected chi connectivity index (χ1v) is 11.3. The molecule has 1 saturated heterocycles. The number of carbonyl (C=O) groups excluding carboxylic acids is 1. The molecule has 0 spiro atoms. The molecule has 0 saturated carbocycles. The molecular weight excluding hydrogens is 408 g/mol. The molecule has 0 atom stereocenters. The fraction of sp³-hybridized carbons (Fsp3) is 0.179. The number of hydrogen-bond acceptors (Lipinski definition) is 4. The van der Waals surface area contributed by atoms with Gasteiger partial charge >= 0.3 is 0 Å². The average molecular weight is 435 g/mol. The Morgan fingerprint density at radius 3 is 1.82 bits per heavy atom. The van der Waals surface area contributed by atoms with Crippen molar-refractivity contribution in [2.45, 2.75) is 5.92 Å². The number of anilines is 1. The lowest BCUT2D eigenvalue weighted by atomic mass is 9.90. The first-order valence-electron chi connectivity index (χ1n) is 11.3. The van der Waals surface area contributed by atoms with Crippen molar-refractivity contribution in [3.63, 3.8) is 0 Å². The van der Waals surface area contributed by atoms with Crippen LogP contribution in [0.1, 0.15) is 17.0 Å². The van der Waals surface area contributed by atoms with E-state index in [0.717, 1.165) is 41.3 Å². The van der Waals surface area contributed by atoms with E-state index in [1.54, 1.807) is 6.33 Å². The Bertz CT molecular complexity index is 1150. The summed E-state index contributed by atoms with van der Waals surface area (Å²) in [5.41, 5.74) is 4.04. The van der Waals surface area contributed by atoms with Gasteiger partial charge in [0.2, 0.25) is 5.91 Å². The molecule has 0 radical (unpaired) electrons. The van der Waals surface area contributed by atoms with Crippen LogP contribution in [0.25, 0.3) is 11.3 Å². The van der Waals surface area contributed by atoms with Crippen LogP contribution >= 0.6 is 0 Å². The Kier molecular flexibility index (Phi) is 6.11. The van der Waals surface area contributed by atoms with Crippen molar-refractivity contribution in [2.75, 3.05) is 31.1 Å². The molecule has 3 aromatic carbocycles. The van der Waals surface area contributed by atoms with Gasteiger partial charge in [0.15, 0.2) is 0 Å². The summed E-state index contributed by atoms with van der Waals surface area (Å²) in [4.78, 5) is 26.8. The standard InChI is InChI=1S/C28H26N4O/c33-28(27(23-12-6-2-7-13-23)24-14-8-3-9-15-24)32-18-16-31(17-19-32)26-20-25(29-21-30-26)22-10-4-1-5-11-22/h1-15,20-21,27H,16-19H2. The number of aromatic nitrogens is 2. The predicted octanol–water partition coefficient (Wildman–Crippen LogP) is 4.62. The lowest BCUT2D eigenvalue weighted by Gasteiger charge is -2.37. The summed E-state index contributed by atoms with van der Waals surface area (Å²) < 4.78 is 0. The van der Waals surface area contributed by atoms with Gasteiger partial charge in [-0.3, -0.25) is 4.79 Å². The van der Waals surface area contributed by atoms with Gasteiger partial charge in [0, 0.05) is 37.8 Å². The molecule has 1 fully saturated rings. The Hall–Kier alpha value is -3.99. The minimum absolute atomic E-state index is 0.153. The summed E-state index contributed by atoms with van der Waals surface area (Å²) in [6.07, 6.45) is 1.62. The lowest BCUT2D eigenvalue weighted by molar-refractivity contribution is -0.132. The summed E-state index contributed by atoms with van der Waals surface area (Å²) in [6.45, 7) is 2.82. The van der Waals surface area contributed by atoms with Crippen LogP contribution in [0, 0.1) is 0 Å². The molecule has 0 N–H and O–H groups in total. The average Bonchev–Trinajstić information content (AvgIpc) is 2.91. The Morgan fingerprint density at radius 1 is 0.697 bits per heavy atom. The lowest BCUT2D eigenvalue weighted by Crippen LogP contribution is -2.50. The van der Waals surface area contributed by atoms with Crippen LogP contribution in [0.15, 0.2) is 103 Å². The minimum atomic E-state index is -0.289. The van der Waals surface area contributed by atoms with Gasteiger partial charge in [-0.15, -0.1) is 0 Å². The number of hydrogen-bond donors (Lipinski definition) is 0. The third kappa shape index (κ3) is 4.62. The van der Waals surface area contributed by atoms with Gasteiger partial charge in [-0.2, -0.15) is 0 Å². The molecule has 1 aliphatic heterocycles. The summed E-state index contributed by atoms with van der Waals surface area (Å²) in [6, 6.07) is 32.3. The van der Waals surface area contributed by atoms with Gasteiger partial charge < -0.3 is 9.80 Å². The SMILES string of the molecule is O=C(C(c1ccccc1)c1ccccc1)N1CCN(c2cc(-c3ccccc3)ncn2)CC1. The number of benzene rings is 3. The fourth-order valence-electron chi connectivity index (χ4n) is 4.39. The van der Waals surface area contributed by atoms with Crippen molar-refractivity contribution in [1.29, 1.82) is 0 Å². The Morgan fingerprint density at radius 2 is 1.24 bits per heavy atom. The van der Waals surface area contributed by atoms with E-state index in [9.17, 15) is 4.79 Å². The van der Waals surface area contributed by atoms with Crippen molar-refractivity contribution in [2.24, 2.45) is 0 Å². The molecule has 33 heavy (non-hydrogen) atoms. The molecule has 2 heterocycles. The van der Waals surface area contributed by atoms with E-state index in [1.165, 1.54) is 0 Å². The zero-order valence-corrected chi connectivity index (χ0v) is 18.4. The molecule has 164 valence electrons. The smallest absolute Gasteiger partial charge is 0.234 e. The molecule has 5 rings (SSSR count). The van der Waals surface area contributed by atoms with E-state index in [1.807, 2.05) is 89.8 Å². The number of piperazine rings is 1. The highest BCUT2D eigenvalue weighted by atomic mass is 16.2. The molecule has 4 aromatic rings. The first kappa shape index (κ1) is 20.9. The topological polar surface area (TPSA) is 49.3 Å². The van der Waals surface area contributed by atoms with Crippen molar-refractivity contribution in [3.05, 3.63) is 115 Å². The molecule has 5 nitrogen and oxygen atoms in total. The zero-order valence-electron chi connectivity index (χ0n) is 18.4. The van der Waals surface area contributed by atoms with Gasteiger partial charge in [0.25, 0.3) is 0 Å². The van der Waals surface area contributed by atoms with Crippen molar-refractivity contribution < 1.29 is 4.79 Å². The molecule has 0 unspecified atom stereocenters. The van der Waals surface area contributed by atoms with Crippen LogP contribution < -0.4 is 4.90 Å². The quantitative estimate of drug-likeness (QED) is 0.460. The van der Waals surface area contributed by atoms with Crippen LogP contribution in [0.2, 0.25) is 0 Å². The van der Waals surface area contributed by atoms with Crippen LogP contribution in [0.4, 0.5) is 5.82 Å². The monoisotopic (exact) mass is 434 g/mol. The predicted molar refractivity (Wildman–Crippen MR) is 131 cm³/mol. The van der Waals surface area contributed by atoms with E-state index in [2.05, 4.69) is 27.0 Å². The van der Waals surface area contributed by atoms with E-state index < -0.39 is 0 Å². The highest BCUT2D eigenvalue weighted by molar-refractivity contribution is 5.87. The molecule has 1 aliphatic rings. The number of nitrogens with zero attached hydrogens (tertiary/aromatic N) is 4. The molecule has 1 aromatic heterocycles. The van der Waals surface area contributed by atoms with Crippen molar-refractivity contribution in [3.8, 4) is 11.3 Å². The van der Waals surface area contributed by atoms with E-state index in [-0.39, 0.29) is 11.8 Å². The van der Waals surface area contributed by atoms with Crippen LogP contribution in [0.3, 0.4) is 0 Å². The number of rotatable bonds is 5. The zero-order chi connectivity index (χ0) is 22.5. The number of amides is 1. The molecule has 0 aliphatic carbocycles. The molecule has 1 amide bonds. The summed E-state index contributed by atoms with van der Waals surface area (Å²) in [5, 5.41) is 0. The van der Waals surface area contributed by atoms with E-state index in [4.69, 9.17) is 0 Å². The first-order chi connectivity index (χ1) is 16.3. The minimum Gasteiger partial charge on any atom is -0.353 e. The van der Waals surface area contributed by atoms with Gasteiger partial charge in [-0.05, 0) is 11.1 Å². The van der Waals surface area contributed by atoms with Gasteiger partial charge in [-0.1, -0.05) is 91.0 Å². The van der Waals surface area contributed by atoms with Crippen molar-refractivity contribution >= 4 is 11.7 Å². The second kappa shape index (κ2) is 9.65. The third-order valence-electron chi connectivity index (χ3n) is 6.15. The molecule has 0 bridgehead atoms. The second-order valence-electron chi connectivity index (χ2n) is 8.19. The van der Waals surface area contributed by atoms with Crippen LogP contribution in [0.5, 0.6) is 0 Å². The van der Waals surface area contributed by atoms with Gasteiger partial charge in [0.05, 0.1) is 11.6 Å². The summed E-state index contributed by atoms with van der Waals surface area (Å²) in [7, 11) is 0.